The molecule has 1 unspecified atom stereocenters. The molecule has 1 N–H and O–H groups in total. The second-order valence-electron chi connectivity index (χ2n) is 9.16. The summed E-state index contributed by atoms with van der Waals surface area (Å²) in [6, 6.07) is 19.1. The fourth-order valence-corrected chi connectivity index (χ4v) is 5.86. The number of halogens is 1. The highest BCUT2D eigenvalue weighted by Crippen LogP contribution is 2.27. The minimum atomic E-state index is -4.18. The van der Waals surface area contributed by atoms with Gasteiger partial charge in [-0.15, -0.1) is 0 Å². The van der Waals surface area contributed by atoms with Crippen LogP contribution in [0.15, 0.2) is 77.7 Å². The first-order valence-corrected chi connectivity index (χ1v) is 15.1. The highest BCUT2D eigenvalue weighted by Gasteiger charge is 2.33. The van der Waals surface area contributed by atoms with Gasteiger partial charge in [-0.1, -0.05) is 42.8 Å². The fourth-order valence-electron chi connectivity index (χ4n) is 4.32. The first kappa shape index (κ1) is 31.0. The van der Waals surface area contributed by atoms with Crippen molar-refractivity contribution in [2.75, 3.05) is 24.0 Å². The SMILES string of the molecule is CCNC(=O)C(CC)N(Cc1ccccc1C)C(=O)CN(c1ccc(OCC)cc1)S(=O)(=O)c1ccc(Cl)cc1. The van der Waals surface area contributed by atoms with Crippen LogP contribution >= 0.6 is 11.6 Å². The predicted molar refractivity (Wildman–Crippen MR) is 158 cm³/mol. The Bertz CT molecular complexity index is 1400. The van der Waals surface area contributed by atoms with Gasteiger partial charge in [0.1, 0.15) is 18.3 Å². The molecular weight excluding hydrogens is 550 g/mol. The summed E-state index contributed by atoms with van der Waals surface area (Å²) >= 11 is 6.01. The van der Waals surface area contributed by atoms with E-state index in [0.717, 1.165) is 15.4 Å². The third-order valence-electron chi connectivity index (χ3n) is 6.46. The monoisotopic (exact) mass is 585 g/mol. The van der Waals surface area contributed by atoms with E-state index in [1.165, 1.54) is 29.2 Å². The summed E-state index contributed by atoms with van der Waals surface area (Å²) in [6.07, 6.45) is 0.358. The first-order valence-electron chi connectivity index (χ1n) is 13.2. The fraction of sp³-hybridized carbons (Fsp3) is 0.333. The van der Waals surface area contributed by atoms with Crippen molar-refractivity contribution in [3.63, 3.8) is 0 Å². The molecule has 0 radical (unpaired) electrons. The summed E-state index contributed by atoms with van der Waals surface area (Å²) in [4.78, 5) is 28.5. The molecule has 2 amide bonds. The molecule has 10 heteroatoms. The van der Waals surface area contributed by atoms with Gasteiger partial charge in [0.05, 0.1) is 17.2 Å². The van der Waals surface area contributed by atoms with Gasteiger partial charge in [-0.05, 0) is 86.8 Å². The Labute approximate surface area is 241 Å². The van der Waals surface area contributed by atoms with Crippen molar-refractivity contribution >= 4 is 39.1 Å². The molecule has 0 spiro atoms. The van der Waals surface area contributed by atoms with Crippen LogP contribution in [0.3, 0.4) is 0 Å². The number of ether oxygens (including phenoxy) is 1. The lowest BCUT2D eigenvalue weighted by Crippen LogP contribution is -2.52. The van der Waals surface area contributed by atoms with Crippen LogP contribution in [0.2, 0.25) is 5.02 Å². The number of sulfonamides is 1. The second kappa shape index (κ2) is 14.2. The molecule has 0 aliphatic heterocycles. The molecule has 0 fully saturated rings. The quantitative estimate of drug-likeness (QED) is 0.298. The van der Waals surface area contributed by atoms with E-state index in [-0.39, 0.29) is 23.0 Å². The van der Waals surface area contributed by atoms with Crippen LogP contribution < -0.4 is 14.4 Å². The number of hydrogen-bond donors (Lipinski definition) is 1. The summed E-state index contributed by atoms with van der Waals surface area (Å²) in [5.41, 5.74) is 2.11. The van der Waals surface area contributed by atoms with E-state index in [9.17, 15) is 18.0 Å². The number of benzene rings is 3. The smallest absolute Gasteiger partial charge is 0.264 e. The molecule has 0 aliphatic rings. The van der Waals surface area contributed by atoms with E-state index in [1.807, 2.05) is 52.0 Å². The van der Waals surface area contributed by atoms with Gasteiger partial charge in [0.2, 0.25) is 11.8 Å². The molecule has 3 aromatic rings. The zero-order valence-corrected chi connectivity index (χ0v) is 24.8. The van der Waals surface area contributed by atoms with Crippen molar-refractivity contribution in [1.82, 2.24) is 10.2 Å². The number of nitrogens with zero attached hydrogens (tertiary/aromatic N) is 2. The molecule has 0 aliphatic carbocycles. The molecule has 1 atom stereocenters. The van der Waals surface area contributed by atoms with Crippen LogP contribution in [0.4, 0.5) is 5.69 Å². The number of anilines is 1. The van der Waals surface area contributed by atoms with Gasteiger partial charge in [0.15, 0.2) is 0 Å². The van der Waals surface area contributed by atoms with Crippen LogP contribution in [0.25, 0.3) is 0 Å². The predicted octanol–water partition coefficient (Wildman–Crippen LogP) is 5.19. The second-order valence-corrected chi connectivity index (χ2v) is 11.5. The van der Waals surface area contributed by atoms with Crippen molar-refractivity contribution in [2.45, 2.75) is 51.6 Å². The maximum atomic E-state index is 14.0. The number of amides is 2. The van der Waals surface area contributed by atoms with Gasteiger partial charge >= 0.3 is 0 Å². The number of nitrogens with one attached hydrogen (secondary N) is 1. The molecule has 0 bridgehead atoms. The van der Waals surface area contributed by atoms with Crippen LogP contribution in [0.5, 0.6) is 5.75 Å². The Hall–Kier alpha value is -3.56. The third kappa shape index (κ3) is 7.55. The molecule has 40 heavy (non-hydrogen) atoms. The first-order chi connectivity index (χ1) is 19.1. The van der Waals surface area contributed by atoms with Crippen molar-refractivity contribution in [2.24, 2.45) is 0 Å². The maximum absolute atomic E-state index is 14.0. The topological polar surface area (TPSA) is 96.0 Å². The number of likely N-dealkylation sites (N-methyl/N-ethyl adjacent to an activating group) is 1. The Morgan fingerprint density at radius 1 is 0.950 bits per heavy atom. The molecule has 8 nitrogen and oxygen atoms in total. The van der Waals surface area contributed by atoms with Gasteiger partial charge < -0.3 is 15.0 Å². The average Bonchev–Trinajstić information content (AvgIpc) is 2.93. The molecule has 214 valence electrons. The molecule has 0 saturated carbocycles. The van der Waals surface area contributed by atoms with Gasteiger partial charge in [-0.3, -0.25) is 13.9 Å². The number of carbonyl (C=O) groups excluding carboxylic acids is 2. The highest BCUT2D eigenvalue weighted by atomic mass is 35.5. The average molecular weight is 586 g/mol. The molecular formula is C30H36ClN3O5S. The third-order valence-corrected chi connectivity index (χ3v) is 8.50. The summed E-state index contributed by atoms with van der Waals surface area (Å²) in [5.74, 6) is -0.224. The van der Waals surface area contributed by atoms with Crippen LogP contribution in [-0.2, 0) is 26.2 Å². The van der Waals surface area contributed by atoms with E-state index in [1.54, 1.807) is 24.3 Å². The number of rotatable bonds is 13. The largest absolute Gasteiger partial charge is 0.494 e. The molecule has 3 rings (SSSR count). The normalized spacial score (nSPS) is 11.9. The summed E-state index contributed by atoms with van der Waals surface area (Å²) in [7, 11) is -4.18. The number of hydrogen-bond acceptors (Lipinski definition) is 5. The van der Waals surface area contributed by atoms with Gasteiger partial charge in [-0.25, -0.2) is 8.42 Å². The molecule has 0 heterocycles. The van der Waals surface area contributed by atoms with Gasteiger partial charge in [0, 0.05) is 18.1 Å². The van der Waals surface area contributed by atoms with E-state index >= 15 is 0 Å². The van der Waals surface area contributed by atoms with Crippen molar-refractivity contribution in [1.29, 1.82) is 0 Å². The minimum Gasteiger partial charge on any atom is -0.494 e. The van der Waals surface area contributed by atoms with Crippen LogP contribution in [0, 0.1) is 6.92 Å². The van der Waals surface area contributed by atoms with E-state index in [2.05, 4.69) is 5.32 Å². The summed E-state index contributed by atoms with van der Waals surface area (Å²) in [5, 5.41) is 3.19. The Kier molecular flexibility index (Phi) is 11.0. The van der Waals surface area contributed by atoms with E-state index in [0.29, 0.717) is 30.3 Å². The Morgan fingerprint density at radius 2 is 1.60 bits per heavy atom. The lowest BCUT2D eigenvalue weighted by molar-refractivity contribution is -0.140. The zero-order valence-electron chi connectivity index (χ0n) is 23.3. The molecule has 0 saturated heterocycles. The van der Waals surface area contributed by atoms with E-state index in [4.69, 9.17) is 16.3 Å². The number of carbonyl (C=O) groups is 2. The summed E-state index contributed by atoms with van der Waals surface area (Å²) in [6.45, 7) is 7.92. The zero-order chi connectivity index (χ0) is 29.3. The van der Waals surface area contributed by atoms with Crippen molar-refractivity contribution < 1.29 is 22.7 Å². The lowest BCUT2D eigenvalue weighted by atomic mass is 10.1. The summed E-state index contributed by atoms with van der Waals surface area (Å²) < 4.78 is 34.4. The highest BCUT2D eigenvalue weighted by molar-refractivity contribution is 7.92. The van der Waals surface area contributed by atoms with Gasteiger partial charge in [0.25, 0.3) is 10.0 Å². The standard InChI is InChI=1S/C30H36ClN3O5S/c1-5-28(30(36)32-6-2)33(20-23-11-9-8-10-22(23)4)29(35)21-34(25-14-16-26(17-15-25)39-7-3)40(37,38)27-18-12-24(31)13-19-27/h8-19,28H,5-7,20-21H2,1-4H3,(H,32,36). The number of aryl methyl sites for hydroxylation is 1. The van der Waals surface area contributed by atoms with Crippen molar-refractivity contribution in [3.8, 4) is 5.75 Å². The molecule has 0 aromatic heterocycles. The Morgan fingerprint density at radius 3 is 2.17 bits per heavy atom. The maximum Gasteiger partial charge on any atom is 0.264 e. The Balaban J connectivity index is 2.07. The lowest BCUT2D eigenvalue weighted by Gasteiger charge is -2.33. The molecule has 3 aromatic carbocycles. The minimum absolute atomic E-state index is 0.0141. The van der Waals surface area contributed by atoms with Gasteiger partial charge in [-0.2, -0.15) is 0 Å². The van der Waals surface area contributed by atoms with E-state index < -0.39 is 28.5 Å². The van der Waals surface area contributed by atoms with Crippen molar-refractivity contribution in [3.05, 3.63) is 88.9 Å². The van der Waals surface area contributed by atoms with Crippen LogP contribution in [0.1, 0.15) is 38.3 Å². The van der Waals surface area contributed by atoms with Crippen LogP contribution in [-0.4, -0.2) is 50.9 Å².